The summed E-state index contributed by atoms with van der Waals surface area (Å²) in [6, 6.07) is -0.402. The Morgan fingerprint density at radius 3 is 2.58 bits per heavy atom. The van der Waals surface area contributed by atoms with Crippen molar-refractivity contribution in [2.24, 2.45) is 0 Å². The fourth-order valence-electron chi connectivity index (χ4n) is 1.52. The van der Waals surface area contributed by atoms with E-state index in [1.807, 2.05) is 29.5 Å². The Hall–Kier alpha value is 0.530. The lowest BCUT2D eigenvalue weighted by Gasteiger charge is -2.41. The fourth-order valence-corrected chi connectivity index (χ4v) is 2.74. The molecule has 0 aliphatic carbocycles. The van der Waals surface area contributed by atoms with Crippen molar-refractivity contribution in [1.29, 1.82) is 0 Å². The minimum absolute atomic E-state index is 0.0817. The van der Waals surface area contributed by atoms with Gasteiger partial charge in [-0.1, -0.05) is 0 Å². The molecule has 5 atom stereocenters. The van der Waals surface area contributed by atoms with Gasteiger partial charge in [-0.2, -0.15) is 0 Å². The van der Waals surface area contributed by atoms with Crippen molar-refractivity contribution < 1.29 is 15.5 Å². The second kappa shape index (κ2) is 4.16. The maximum atomic E-state index is 11.3. The van der Waals surface area contributed by atoms with Crippen LogP contribution in [0.3, 0.4) is 0 Å². The number of quaternary nitrogens is 2. The molecule has 1 aliphatic rings. The summed E-state index contributed by atoms with van der Waals surface area (Å²) in [6.07, 6.45) is 1.01. The lowest BCUT2D eigenvalue weighted by Crippen LogP contribution is -3.19. The van der Waals surface area contributed by atoms with Gasteiger partial charge in [-0.05, 0) is 29.5 Å². The number of alkyl halides is 1. The molecule has 0 radical (unpaired) electrons. The van der Waals surface area contributed by atoms with E-state index in [9.17, 15) is 10.4 Å². The van der Waals surface area contributed by atoms with E-state index in [4.69, 9.17) is 5.21 Å². The minimum atomic E-state index is -0.768. The van der Waals surface area contributed by atoms with E-state index in [2.05, 4.69) is 0 Å². The van der Waals surface area contributed by atoms with Crippen molar-refractivity contribution >= 4 is 22.6 Å². The molecule has 0 aromatic carbocycles. The van der Waals surface area contributed by atoms with Crippen LogP contribution in [0.25, 0.3) is 0 Å². The Morgan fingerprint density at radius 1 is 1.58 bits per heavy atom. The average molecular weight is 288 g/mol. The molecule has 0 spiro atoms. The van der Waals surface area contributed by atoms with Gasteiger partial charge in [0.2, 0.25) is 0 Å². The van der Waals surface area contributed by atoms with Gasteiger partial charge in [0.1, 0.15) is 10.1 Å². The van der Waals surface area contributed by atoms with Crippen molar-refractivity contribution in [3.8, 4) is 0 Å². The number of rotatable bonds is 1. The van der Waals surface area contributed by atoms with Gasteiger partial charge in [0, 0.05) is 0 Å². The van der Waals surface area contributed by atoms with Crippen LogP contribution in [0.2, 0.25) is 0 Å². The van der Waals surface area contributed by atoms with E-state index in [-0.39, 0.29) is 21.2 Å². The molecule has 1 rings (SSSR count). The lowest BCUT2D eigenvalue weighted by molar-refractivity contribution is -1.07. The first-order valence-corrected chi connectivity index (χ1v) is 5.17. The highest BCUT2D eigenvalue weighted by Crippen LogP contribution is 2.11. The largest absolute Gasteiger partial charge is 0.633 e. The summed E-state index contributed by atoms with van der Waals surface area (Å²) < 4.78 is -0.104. The molecule has 3 N–H and O–H groups in total. The predicted molar refractivity (Wildman–Crippen MR) is 50.7 cm³/mol. The molecule has 0 bridgehead atoms. The van der Waals surface area contributed by atoms with E-state index in [0.29, 0.717) is 12.8 Å². The molecule has 1 heterocycles. The zero-order chi connectivity index (χ0) is 9.30. The Morgan fingerprint density at radius 2 is 2.17 bits per heavy atom. The van der Waals surface area contributed by atoms with Gasteiger partial charge in [-0.15, -0.1) is 0 Å². The summed E-state index contributed by atoms with van der Waals surface area (Å²) in [5, 5.41) is 30.1. The third-order valence-corrected chi connectivity index (χ3v) is 3.40. The molecule has 6 heteroatoms. The smallest absolute Gasteiger partial charge is 0.143 e. The lowest BCUT2D eigenvalue weighted by atomic mass is 10.0. The van der Waals surface area contributed by atoms with Gasteiger partial charge in [0.05, 0.1) is 18.9 Å². The van der Waals surface area contributed by atoms with Crippen LogP contribution in [0.1, 0.15) is 19.8 Å². The maximum Gasteiger partial charge on any atom is 0.143 e. The van der Waals surface area contributed by atoms with Crippen LogP contribution in [-0.2, 0) is 0 Å². The standard InChI is InChI=1S/C6H13IN2O3/c1-4-2-5(9(11)12)3-6(7)8(4)10/h4-6,8-9,11H,2-3H2,1H3. The molecule has 12 heavy (non-hydrogen) atoms. The molecule has 1 saturated heterocycles. The number of nitrogens with one attached hydrogen (secondary N) is 2. The molecule has 5 nitrogen and oxygen atoms in total. The van der Waals surface area contributed by atoms with Crippen molar-refractivity contribution in [2.75, 3.05) is 0 Å². The highest BCUT2D eigenvalue weighted by Gasteiger charge is 2.34. The average Bonchev–Trinajstić information content (AvgIpc) is 1.99. The van der Waals surface area contributed by atoms with Crippen molar-refractivity contribution in [2.45, 2.75) is 35.9 Å². The molecule has 72 valence electrons. The number of hydroxylamine groups is 4. The molecule has 0 saturated carbocycles. The molecule has 1 fully saturated rings. The van der Waals surface area contributed by atoms with E-state index in [0.717, 1.165) is 0 Å². The number of hydrogen-bond acceptors (Lipinski definition) is 3. The third-order valence-electron chi connectivity index (χ3n) is 2.27. The zero-order valence-electron chi connectivity index (χ0n) is 6.79. The fraction of sp³-hybridized carbons (Fsp3) is 1.00. The normalized spacial score (nSPS) is 45.8. The Kier molecular flexibility index (Phi) is 3.68. The van der Waals surface area contributed by atoms with Crippen molar-refractivity contribution in [3.05, 3.63) is 10.4 Å². The summed E-state index contributed by atoms with van der Waals surface area (Å²) in [4.78, 5) is 0. The quantitative estimate of drug-likeness (QED) is 0.180. The van der Waals surface area contributed by atoms with Gasteiger partial charge in [-0.3, -0.25) is 0 Å². The van der Waals surface area contributed by atoms with E-state index >= 15 is 0 Å². The number of hydrogen-bond donors (Lipinski definition) is 3. The molecule has 5 unspecified atom stereocenters. The molecule has 0 aromatic rings. The Labute approximate surface area is 84.6 Å². The van der Waals surface area contributed by atoms with Crippen LogP contribution in [0.15, 0.2) is 0 Å². The topological polar surface area (TPSA) is 75.2 Å². The van der Waals surface area contributed by atoms with Gasteiger partial charge < -0.3 is 15.5 Å². The van der Waals surface area contributed by atoms with Crippen LogP contribution in [-0.4, -0.2) is 21.3 Å². The molecular formula is C6H13IN2O3. The van der Waals surface area contributed by atoms with Crippen LogP contribution in [0.5, 0.6) is 0 Å². The van der Waals surface area contributed by atoms with Crippen molar-refractivity contribution in [3.63, 3.8) is 0 Å². The number of halogens is 1. The second-order valence-electron chi connectivity index (χ2n) is 3.28. The predicted octanol–water partition coefficient (Wildman–Crippen LogP) is -1.55. The second-order valence-corrected chi connectivity index (χ2v) is 4.78. The summed E-state index contributed by atoms with van der Waals surface area (Å²) >= 11 is 2.03. The monoisotopic (exact) mass is 288 g/mol. The van der Waals surface area contributed by atoms with Crippen LogP contribution in [0, 0.1) is 10.4 Å². The molecular weight excluding hydrogens is 275 g/mol. The van der Waals surface area contributed by atoms with Gasteiger partial charge in [-0.25, -0.2) is 10.4 Å². The summed E-state index contributed by atoms with van der Waals surface area (Å²) in [5.74, 6) is 0. The summed E-state index contributed by atoms with van der Waals surface area (Å²) in [5.41, 5.74) is 0. The van der Waals surface area contributed by atoms with Gasteiger partial charge >= 0.3 is 0 Å². The Balaban J connectivity index is 2.53. The van der Waals surface area contributed by atoms with Gasteiger partial charge in [0.25, 0.3) is 0 Å². The van der Waals surface area contributed by atoms with Gasteiger partial charge in [0.15, 0.2) is 0 Å². The SMILES string of the molecule is CC1CC([NH+]([O-])O)CC(I)[NH+]1[O-]. The summed E-state index contributed by atoms with van der Waals surface area (Å²) in [7, 11) is 0. The van der Waals surface area contributed by atoms with E-state index < -0.39 is 5.23 Å². The molecule has 0 aromatic heterocycles. The van der Waals surface area contributed by atoms with Crippen LogP contribution in [0.4, 0.5) is 0 Å². The summed E-state index contributed by atoms with van der Waals surface area (Å²) in [6.45, 7) is 1.81. The maximum absolute atomic E-state index is 11.3. The zero-order valence-corrected chi connectivity index (χ0v) is 8.95. The Bertz CT molecular complexity index is 146. The first-order valence-electron chi connectivity index (χ1n) is 3.93. The number of piperidine rings is 1. The highest BCUT2D eigenvalue weighted by atomic mass is 127. The highest BCUT2D eigenvalue weighted by molar-refractivity contribution is 14.1. The minimum Gasteiger partial charge on any atom is -0.633 e. The van der Waals surface area contributed by atoms with Crippen molar-refractivity contribution in [1.82, 2.24) is 0 Å². The molecule has 0 amide bonds. The van der Waals surface area contributed by atoms with E-state index in [1.165, 1.54) is 0 Å². The van der Waals surface area contributed by atoms with Crippen LogP contribution < -0.4 is 10.3 Å². The van der Waals surface area contributed by atoms with Crippen LogP contribution >= 0.6 is 22.6 Å². The third kappa shape index (κ3) is 2.27. The van der Waals surface area contributed by atoms with E-state index in [1.54, 1.807) is 0 Å². The first kappa shape index (κ1) is 10.6. The molecule has 1 aliphatic heterocycles. The first-order chi connectivity index (χ1) is 5.52.